The number of H-pyrrole nitrogens is 2. The van der Waals surface area contributed by atoms with Gasteiger partial charge < -0.3 is 29.0 Å². The van der Waals surface area contributed by atoms with Crippen LogP contribution < -0.4 is 4.74 Å². The van der Waals surface area contributed by atoms with Crippen molar-refractivity contribution in [1.82, 2.24) is 15.2 Å². The standard InChI is InChI=1S/C35H39N3O6.CH4/c1-2-41-35(40)34-26(15-9-20-42-30-16-7-11-23-10-3-4-12-24(23)30)25-13-8-14-27(33(25)36-34)32-28(37-38-29(32)22-39)18-21-44-31-17-5-6-19-43-31;/h3-4,7-8,10-14,16,31,36,39H,2,5-6,9,15,17-22H2,1H3,(H,37,38);1H4. The van der Waals surface area contributed by atoms with E-state index in [9.17, 15) is 9.90 Å². The predicted octanol–water partition coefficient (Wildman–Crippen LogP) is 7.11. The van der Waals surface area contributed by atoms with Crippen molar-refractivity contribution < 1.29 is 28.8 Å². The number of aromatic amines is 2. The molecule has 1 aliphatic heterocycles. The summed E-state index contributed by atoms with van der Waals surface area (Å²) < 4.78 is 23.3. The van der Waals surface area contributed by atoms with Crippen LogP contribution in [-0.2, 0) is 33.7 Å². The SMILES string of the molecule is C.CCOC(=O)c1[nH]c2c(-c3c(CCOC4CCCCO4)n[nH]c3CO)cccc2c1CCCOc1cccc2ccccc12. The molecule has 1 atom stereocenters. The molecule has 3 aromatic carbocycles. The summed E-state index contributed by atoms with van der Waals surface area (Å²) in [6.45, 7) is 3.54. The van der Waals surface area contributed by atoms with Gasteiger partial charge >= 0.3 is 5.97 Å². The summed E-state index contributed by atoms with van der Waals surface area (Å²) in [7, 11) is 0. The van der Waals surface area contributed by atoms with E-state index in [-0.39, 0.29) is 26.9 Å². The van der Waals surface area contributed by atoms with Gasteiger partial charge in [-0.1, -0.05) is 62.0 Å². The summed E-state index contributed by atoms with van der Waals surface area (Å²) in [5.74, 6) is 0.452. The molecular weight excluding hydrogens is 570 g/mol. The van der Waals surface area contributed by atoms with Gasteiger partial charge in [-0.25, -0.2) is 4.79 Å². The molecule has 1 saturated heterocycles. The van der Waals surface area contributed by atoms with Crippen molar-refractivity contribution in [2.75, 3.05) is 26.4 Å². The topological polar surface area (TPSA) is 119 Å². The Bertz CT molecular complexity index is 1710. The number of esters is 1. The Labute approximate surface area is 263 Å². The van der Waals surface area contributed by atoms with Gasteiger partial charge in [0.2, 0.25) is 0 Å². The monoisotopic (exact) mass is 613 g/mol. The maximum Gasteiger partial charge on any atom is 0.355 e. The number of carbonyl (C=O) groups excluding carboxylic acids is 1. The molecule has 1 aliphatic rings. The van der Waals surface area contributed by atoms with E-state index in [1.54, 1.807) is 6.92 Å². The Morgan fingerprint density at radius 3 is 2.67 bits per heavy atom. The molecule has 2 aromatic heterocycles. The lowest BCUT2D eigenvalue weighted by molar-refractivity contribution is -0.161. The molecule has 238 valence electrons. The number of ether oxygens (including phenoxy) is 4. The van der Waals surface area contributed by atoms with E-state index in [0.717, 1.165) is 75.7 Å². The lowest BCUT2D eigenvalue weighted by Gasteiger charge is -2.22. The highest BCUT2D eigenvalue weighted by atomic mass is 16.7. The van der Waals surface area contributed by atoms with Crippen molar-refractivity contribution in [1.29, 1.82) is 0 Å². The molecule has 45 heavy (non-hydrogen) atoms. The van der Waals surface area contributed by atoms with Gasteiger partial charge in [0.15, 0.2) is 6.29 Å². The van der Waals surface area contributed by atoms with Crippen molar-refractivity contribution >= 4 is 27.6 Å². The quantitative estimate of drug-likeness (QED) is 0.0956. The van der Waals surface area contributed by atoms with E-state index in [1.807, 2.05) is 42.5 Å². The Hall–Kier alpha value is -4.18. The molecule has 9 nitrogen and oxygen atoms in total. The van der Waals surface area contributed by atoms with Gasteiger partial charge in [-0.3, -0.25) is 5.10 Å². The lowest BCUT2D eigenvalue weighted by atomic mass is 9.97. The third-order valence-electron chi connectivity index (χ3n) is 8.12. The van der Waals surface area contributed by atoms with Gasteiger partial charge in [0.05, 0.1) is 43.3 Å². The molecule has 9 heteroatoms. The summed E-state index contributed by atoms with van der Waals surface area (Å²) in [5, 5.41) is 20.9. The average molecular weight is 614 g/mol. The number of hydrogen-bond acceptors (Lipinski definition) is 7. The molecular formula is C36H43N3O6. The van der Waals surface area contributed by atoms with Crippen molar-refractivity contribution in [2.45, 2.75) is 65.8 Å². The number of aryl methyl sites for hydroxylation is 1. The third-order valence-corrected chi connectivity index (χ3v) is 8.12. The highest BCUT2D eigenvalue weighted by Gasteiger charge is 2.24. The molecule has 0 spiro atoms. The molecule has 6 rings (SSSR count). The number of para-hydroxylation sites is 1. The molecule has 5 aromatic rings. The number of fused-ring (bicyclic) bond motifs is 2. The molecule has 0 aliphatic carbocycles. The largest absolute Gasteiger partial charge is 0.493 e. The minimum atomic E-state index is -0.393. The Morgan fingerprint density at radius 1 is 1.02 bits per heavy atom. The summed E-state index contributed by atoms with van der Waals surface area (Å²) >= 11 is 0. The number of aromatic nitrogens is 3. The second-order valence-corrected chi connectivity index (χ2v) is 11.0. The first-order valence-electron chi connectivity index (χ1n) is 15.5. The van der Waals surface area contributed by atoms with Crippen LogP contribution in [0.25, 0.3) is 32.8 Å². The molecule has 1 unspecified atom stereocenters. The van der Waals surface area contributed by atoms with Crippen LogP contribution in [-0.4, -0.2) is 59.0 Å². The van der Waals surface area contributed by atoms with Crippen LogP contribution in [0.15, 0.2) is 60.7 Å². The predicted molar refractivity (Wildman–Crippen MR) is 176 cm³/mol. The van der Waals surface area contributed by atoms with Crippen molar-refractivity contribution in [3.8, 4) is 16.9 Å². The van der Waals surface area contributed by atoms with Crippen LogP contribution in [0.2, 0.25) is 0 Å². The van der Waals surface area contributed by atoms with E-state index in [0.29, 0.717) is 43.9 Å². The first-order chi connectivity index (χ1) is 21.7. The minimum absolute atomic E-state index is 0. The highest BCUT2D eigenvalue weighted by molar-refractivity contribution is 6.04. The maximum absolute atomic E-state index is 13.1. The van der Waals surface area contributed by atoms with Gasteiger partial charge in [-0.2, -0.15) is 5.10 Å². The molecule has 3 N–H and O–H groups in total. The average Bonchev–Trinajstić information content (AvgIpc) is 3.65. The van der Waals surface area contributed by atoms with Crippen molar-refractivity contribution in [3.05, 3.63) is 83.3 Å². The zero-order chi connectivity index (χ0) is 30.3. The molecule has 3 heterocycles. The van der Waals surface area contributed by atoms with Crippen LogP contribution in [0.1, 0.15) is 67.5 Å². The van der Waals surface area contributed by atoms with E-state index in [1.165, 1.54) is 0 Å². The second-order valence-electron chi connectivity index (χ2n) is 11.0. The Kier molecular flexibility index (Phi) is 10.9. The van der Waals surface area contributed by atoms with Crippen LogP contribution in [0, 0.1) is 0 Å². The van der Waals surface area contributed by atoms with Crippen LogP contribution in [0.5, 0.6) is 5.75 Å². The van der Waals surface area contributed by atoms with E-state index in [4.69, 9.17) is 18.9 Å². The van der Waals surface area contributed by atoms with Gasteiger partial charge in [0.25, 0.3) is 0 Å². The number of hydrogen-bond donors (Lipinski definition) is 3. The molecule has 0 bridgehead atoms. The fourth-order valence-electron chi connectivity index (χ4n) is 6.04. The van der Waals surface area contributed by atoms with Gasteiger partial charge in [0, 0.05) is 34.9 Å². The maximum atomic E-state index is 13.1. The number of rotatable bonds is 13. The van der Waals surface area contributed by atoms with E-state index in [2.05, 4.69) is 33.4 Å². The van der Waals surface area contributed by atoms with Gasteiger partial charge in [0.1, 0.15) is 11.4 Å². The molecule has 0 saturated carbocycles. The number of aliphatic hydroxyl groups is 1. The number of benzene rings is 3. The normalized spacial score (nSPS) is 14.8. The highest BCUT2D eigenvalue weighted by Crippen LogP contribution is 2.36. The van der Waals surface area contributed by atoms with Crippen molar-refractivity contribution in [2.24, 2.45) is 0 Å². The smallest absolute Gasteiger partial charge is 0.355 e. The fraction of sp³-hybridized carbons (Fsp3) is 0.389. The molecule has 0 radical (unpaired) electrons. The third kappa shape index (κ3) is 7.06. The van der Waals surface area contributed by atoms with Crippen LogP contribution in [0.4, 0.5) is 0 Å². The minimum Gasteiger partial charge on any atom is -0.493 e. The lowest BCUT2D eigenvalue weighted by Crippen LogP contribution is -2.23. The van der Waals surface area contributed by atoms with Gasteiger partial charge in [-0.15, -0.1) is 0 Å². The summed E-state index contributed by atoms with van der Waals surface area (Å²) in [6, 6.07) is 20.2. The molecule has 1 fully saturated rings. The Balaban J connectivity index is 0.00000400. The van der Waals surface area contributed by atoms with Gasteiger partial charge in [-0.05, 0) is 56.0 Å². The van der Waals surface area contributed by atoms with Crippen LogP contribution >= 0.6 is 0 Å². The zero-order valence-electron chi connectivity index (χ0n) is 25.1. The van der Waals surface area contributed by atoms with Crippen LogP contribution in [0.3, 0.4) is 0 Å². The Morgan fingerprint density at radius 2 is 1.84 bits per heavy atom. The summed E-state index contributed by atoms with van der Waals surface area (Å²) in [5.41, 5.74) is 5.19. The van der Waals surface area contributed by atoms with E-state index >= 15 is 0 Å². The fourth-order valence-corrected chi connectivity index (χ4v) is 6.04. The number of aliphatic hydroxyl groups excluding tert-OH is 1. The second kappa shape index (κ2) is 15.2. The number of carbonyl (C=O) groups is 1. The molecule has 0 amide bonds. The first kappa shape index (κ1) is 32.2. The first-order valence-corrected chi connectivity index (χ1v) is 15.5. The van der Waals surface area contributed by atoms with Crippen molar-refractivity contribution in [3.63, 3.8) is 0 Å². The zero-order valence-corrected chi connectivity index (χ0v) is 25.1. The number of nitrogens with one attached hydrogen (secondary N) is 2. The summed E-state index contributed by atoms with van der Waals surface area (Å²) in [6.07, 6.45) is 4.73. The van der Waals surface area contributed by atoms with E-state index < -0.39 is 5.97 Å². The summed E-state index contributed by atoms with van der Waals surface area (Å²) in [4.78, 5) is 16.5. The number of nitrogens with zero attached hydrogens (tertiary/aromatic N) is 1.